The van der Waals surface area contributed by atoms with Crippen LogP contribution in [0.15, 0.2) is 48.5 Å². The summed E-state index contributed by atoms with van der Waals surface area (Å²) in [6.45, 7) is 3.66. The molecule has 2 rings (SSSR count). The van der Waals surface area contributed by atoms with Crippen molar-refractivity contribution in [3.8, 4) is 0 Å². The van der Waals surface area contributed by atoms with E-state index in [1.165, 1.54) is 23.1 Å². The minimum atomic E-state index is -3.99. The lowest BCUT2D eigenvalue weighted by atomic mass is 10.1. The zero-order valence-corrected chi connectivity index (χ0v) is 21.2. The number of sulfonamides is 1. The molecule has 0 aliphatic heterocycles. The molecule has 7 nitrogen and oxygen atoms in total. The smallest absolute Gasteiger partial charge is 0.244 e. The molecule has 0 fully saturated rings. The molecule has 2 aromatic carbocycles. The van der Waals surface area contributed by atoms with Gasteiger partial charge in [-0.05, 0) is 42.7 Å². The highest BCUT2D eigenvalue weighted by Crippen LogP contribution is 2.23. The molecule has 0 saturated heterocycles. The average Bonchev–Trinajstić information content (AvgIpc) is 2.78. The first kappa shape index (κ1) is 27.6. The molecule has 1 atom stereocenters. The first-order chi connectivity index (χ1) is 16.1. The predicted molar refractivity (Wildman–Crippen MR) is 133 cm³/mol. The third-order valence-electron chi connectivity index (χ3n) is 5.28. The maximum atomic E-state index is 14.4. The Morgan fingerprint density at radius 1 is 1.09 bits per heavy atom. The van der Waals surface area contributed by atoms with Crippen molar-refractivity contribution >= 4 is 39.1 Å². The molecule has 0 aliphatic rings. The van der Waals surface area contributed by atoms with Gasteiger partial charge in [0, 0.05) is 18.1 Å². The van der Waals surface area contributed by atoms with Gasteiger partial charge in [-0.2, -0.15) is 0 Å². The van der Waals surface area contributed by atoms with Crippen LogP contribution in [-0.2, 0) is 26.2 Å². The number of para-hydroxylation sites is 1. The number of nitrogens with one attached hydrogen (secondary N) is 1. The van der Waals surface area contributed by atoms with Crippen molar-refractivity contribution in [2.75, 3.05) is 23.7 Å². The van der Waals surface area contributed by atoms with Gasteiger partial charge in [-0.15, -0.1) is 0 Å². The van der Waals surface area contributed by atoms with Gasteiger partial charge < -0.3 is 10.2 Å². The molecule has 0 spiro atoms. The van der Waals surface area contributed by atoms with Crippen molar-refractivity contribution in [1.82, 2.24) is 10.2 Å². The number of benzene rings is 2. The maximum Gasteiger partial charge on any atom is 0.244 e. The molecule has 186 valence electrons. The molecule has 0 aromatic heterocycles. The number of hydrogen-bond donors (Lipinski definition) is 1. The minimum Gasteiger partial charge on any atom is -0.354 e. The van der Waals surface area contributed by atoms with E-state index in [-0.39, 0.29) is 18.1 Å². The summed E-state index contributed by atoms with van der Waals surface area (Å²) in [5.41, 5.74) is 0.486. The zero-order chi connectivity index (χ0) is 25.3. The number of unbranched alkanes of at least 4 members (excludes halogenated alkanes) is 1. The van der Waals surface area contributed by atoms with Gasteiger partial charge in [0.05, 0.1) is 11.9 Å². The molecule has 10 heteroatoms. The predicted octanol–water partition coefficient (Wildman–Crippen LogP) is 3.97. The Labute approximate surface area is 205 Å². The fraction of sp³-hybridized carbons (Fsp3) is 0.417. The standard InChI is InChI=1S/C24H31ClFN3O4S/c1-4-6-15-27-24(31)21(5-2)28(16-18-11-13-19(25)14-12-18)23(30)17-29(34(3,32)33)22-10-8-7-9-20(22)26/h7-14,21H,4-6,15-17H2,1-3H3,(H,27,31)/t21-/m1/s1. The van der Waals surface area contributed by atoms with Crippen LogP contribution in [0.3, 0.4) is 0 Å². The average molecular weight is 512 g/mol. The SMILES string of the molecule is CCCCNC(=O)[C@@H](CC)N(Cc1ccc(Cl)cc1)C(=O)CN(c1ccccc1F)S(C)(=O)=O. The monoisotopic (exact) mass is 511 g/mol. The summed E-state index contributed by atoms with van der Waals surface area (Å²) < 4.78 is 40.1. The third kappa shape index (κ3) is 7.70. The normalized spacial score (nSPS) is 12.1. The summed E-state index contributed by atoms with van der Waals surface area (Å²) in [7, 11) is -3.99. The minimum absolute atomic E-state index is 0.0601. The number of rotatable bonds is 12. The number of nitrogens with zero attached hydrogens (tertiary/aromatic N) is 2. The van der Waals surface area contributed by atoms with E-state index in [9.17, 15) is 22.4 Å². The summed E-state index contributed by atoms with van der Waals surface area (Å²) in [5, 5.41) is 3.37. The van der Waals surface area contributed by atoms with Gasteiger partial charge in [0.2, 0.25) is 21.8 Å². The van der Waals surface area contributed by atoms with E-state index < -0.39 is 34.3 Å². The molecule has 1 N–H and O–H groups in total. The number of carbonyl (C=O) groups is 2. The molecular weight excluding hydrogens is 481 g/mol. The molecule has 0 unspecified atom stereocenters. The van der Waals surface area contributed by atoms with E-state index in [1.807, 2.05) is 6.92 Å². The van der Waals surface area contributed by atoms with Gasteiger partial charge in [0.1, 0.15) is 18.4 Å². The third-order valence-corrected chi connectivity index (χ3v) is 6.66. The number of hydrogen-bond acceptors (Lipinski definition) is 4. The summed E-state index contributed by atoms with van der Waals surface area (Å²) in [5.74, 6) is -1.72. The van der Waals surface area contributed by atoms with Crippen LogP contribution < -0.4 is 9.62 Å². The Morgan fingerprint density at radius 2 is 1.74 bits per heavy atom. The molecule has 0 heterocycles. The van der Waals surface area contributed by atoms with E-state index in [4.69, 9.17) is 11.6 Å². The second-order valence-corrected chi connectivity index (χ2v) is 10.3. The van der Waals surface area contributed by atoms with Crippen LogP contribution in [0, 0.1) is 5.82 Å². The number of amides is 2. The largest absolute Gasteiger partial charge is 0.354 e. The van der Waals surface area contributed by atoms with Crippen molar-refractivity contribution in [1.29, 1.82) is 0 Å². The molecule has 0 aliphatic carbocycles. The Bertz CT molecular complexity index is 1080. The number of carbonyl (C=O) groups excluding carboxylic acids is 2. The van der Waals surface area contributed by atoms with Crippen LogP contribution in [0.1, 0.15) is 38.7 Å². The van der Waals surface area contributed by atoms with E-state index in [2.05, 4.69) is 5.32 Å². The quantitative estimate of drug-likeness (QED) is 0.437. The molecular formula is C24H31ClFN3O4S. The zero-order valence-electron chi connectivity index (χ0n) is 19.6. The van der Waals surface area contributed by atoms with Crippen molar-refractivity contribution < 1.29 is 22.4 Å². The van der Waals surface area contributed by atoms with Crippen molar-refractivity contribution in [2.45, 2.75) is 45.7 Å². The van der Waals surface area contributed by atoms with Crippen LogP contribution in [0.25, 0.3) is 0 Å². The number of halogens is 2. The van der Waals surface area contributed by atoms with E-state index in [1.54, 1.807) is 31.2 Å². The van der Waals surface area contributed by atoms with Gasteiger partial charge in [0.15, 0.2) is 0 Å². The summed E-state index contributed by atoms with van der Waals surface area (Å²) >= 11 is 5.97. The molecule has 0 bridgehead atoms. The van der Waals surface area contributed by atoms with Crippen molar-refractivity contribution in [3.05, 3.63) is 64.9 Å². The lowest BCUT2D eigenvalue weighted by Crippen LogP contribution is -2.52. The van der Waals surface area contributed by atoms with Crippen LogP contribution in [-0.4, -0.2) is 50.5 Å². The van der Waals surface area contributed by atoms with Crippen LogP contribution >= 0.6 is 11.6 Å². The van der Waals surface area contributed by atoms with Crippen LogP contribution in [0.2, 0.25) is 5.02 Å². The van der Waals surface area contributed by atoms with Crippen LogP contribution in [0.5, 0.6) is 0 Å². The van der Waals surface area contributed by atoms with E-state index in [0.717, 1.165) is 29.5 Å². The van der Waals surface area contributed by atoms with Crippen molar-refractivity contribution in [2.24, 2.45) is 0 Å². The molecule has 0 saturated carbocycles. The molecule has 2 aromatic rings. The first-order valence-electron chi connectivity index (χ1n) is 11.1. The Balaban J connectivity index is 2.40. The van der Waals surface area contributed by atoms with Crippen molar-refractivity contribution in [3.63, 3.8) is 0 Å². The van der Waals surface area contributed by atoms with Crippen LogP contribution in [0.4, 0.5) is 10.1 Å². The second-order valence-electron chi connectivity index (χ2n) is 7.94. The Kier molecular flexibility index (Phi) is 10.3. The fourth-order valence-electron chi connectivity index (χ4n) is 3.46. The van der Waals surface area contributed by atoms with Gasteiger partial charge in [0.25, 0.3) is 0 Å². The summed E-state index contributed by atoms with van der Waals surface area (Å²) in [6.07, 6.45) is 2.92. The highest BCUT2D eigenvalue weighted by atomic mass is 35.5. The topological polar surface area (TPSA) is 86.8 Å². The van der Waals surface area contributed by atoms with Gasteiger partial charge in [-0.1, -0.05) is 56.1 Å². The summed E-state index contributed by atoms with van der Waals surface area (Å²) in [6, 6.07) is 11.3. The molecule has 0 radical (unpaired) electrons. The lowest BCUT2D eigenvalue weighted by molar-refractivity contribution is -0.140. The second kappa shape index (κ2) is 12.7. The van der Waals surface area contributed by atoms with Gasteiger partial charge in [-0.3, -0.25) is 13.9 Å². The van der Waals surface area contributed by atoms with Gasteiger partial charge in [-0.25, -0.2) is 12.8 Å². The number of anilines is 1. The Morgan fingerprint density at radius 3 is 2.29 bits per heavy atom. The highest BCUT2D eigenvalue weighted by molar-refractivity contribution is 7.92. The fourth-order valence-corrected chi connectivity index (χ4v) is 4.44. The molecule has 2 amide bonds. The highest BCUT2D eigenvalue weighted by Gasteiger charge is 2.32. The maximum absolute atomic E-state index is 14.4. The van der Waals surface area contributed by atoms with Gasteiger partial charge >= 0.3 is 0 Å². The molecule has 34 heavy (non-hydrogen) atoms. The van der Waals surface area contributed by atoms with E-state index >= 15 is 0 Å². The summed E-state index contributed by atoms with van der Waals surface area (Å²) in [4.78, 5) is 27.7. The Hall–Kier alpha value is -2.65. The lowest BCUT2D eigenvalue weighted by Gasteiger charge is -2.33. The van der Waals surface area contributed by atoms with E-state index in [0.29, 0.717) is 23.6 Å². The first-order valence-corrected chi connectivity index (χ1v) is 13.3.